The van der Waals surface area contributed by atoms with Crippen LogP contribution in [-0.4, -0.2) is 25.1 Å². The van der Waals surface area contributed by atoms with Crippen LogP contribution in [0.25, 0.3) is 10.2 Å². The van der Waals surface area contributed by atoms with Crippen LogP contribution in [0, 0.1) is 6.92 Å². The van der Waals surface area contributed by atoms with Crippen LogP contribution < -0.4 is 4.80 Å². The molecule has 0 saturated carbocycles. The average Bonchev–Trinajstić information content (AvgIpc) is 2.91. The van der Waals surface area contributed by atoms with Gasteiger partial charge in [-0.2, -0.15) is 4.99 Å². The molecule has 0 aliphatic carbocycles. The second-order valence-corrected chi connectivity index (χ2v) is 9.00. The van der Waals surface area contributed by atoms with Gasteiger partial charge in [0.25, 0.3) is 5.91 Å². The highest BCUT2D eigenvalue weighted by Crippen LogP contribution is 2.22. The quantitative estimate of drug-likeness (QED) is 0.646. The van der Waals surface area contributed by atoms with Crippen LogP contribution in [0.3, 0.4) is 0 Å². The number of amides is 1. The zero-order valence-electron chi connectivity index (χ0n) is 14.5. The van der Waals surface area contributed by atoms with Gasteiger partial charge in [0, 0.05) is 18.4 Å². The minimum absolute atomic E-state index is 0.244. The lowest BCUT2D eigenvalue weighted by molar-refractivity contribution is 0.0998. The Bertz CT molecular complexity index is 1180. The fourth-order valence-corrected chi connectivity index (χ4v) is 4.40. The van der Waals surface area contributed by atoms with Crippen molar-refractivity contribution in [3.63, 3.8) is 0 Å². The lowest BCUT2D eigenvalue weighted by Gasteiger charge is -2.02. The Balaban J connectivity index is 2.19. The molecular formula is C19H18N2O3S2. The van der Waals surface area contributed by atoms with Gasteiger partial charge in [-0.15, -0.1) is 6.58 Å². The maximum atomic E-state index is 12.5. The van der Waals surface area contributed by atoms with Gasteiger partial charge in [0.1, 0.15) is 0 Å². The SMILES string of the molecule is C=CCn1c(=NC(=O)c2cccc(C)c2)sc2cc(S(C)(=O)=O)ccc21. The van der Waals surface area contributed by atoms with Crippen LogP contribution in [0.1, 0.15) is 15.9 Å². The van der Waals surface area contributed by atoms with Crippen molar-refractivity contribution in [1.29, 1.82) is 0 Å². The Morgan fingerprint density at radius 1 is 1.27 bits per heavy atom. The number of benzene rings is 2. The minimum atomic E-state index is -3.30. The summed E-state index contributed by atoms with van der Waals surface area (Å²) in [6, 6.07) is 12.2. The summed E-state index contributed by atoms with van der Waals surface area (Å²) in [6.45, 7) is 6.14. The van der Waals surface area contributed by atoms with Crippen molar-refractivity contribution < 1.29 is 13.2 Å². The summed E-state index contributed by atoms with van der Waals surface area (Å²) in [5.41, 5.74) is 2.32. The van der Waals surface area contributed by atoms with E-state index in [0.29, 0.717) is 16.9 Å². The Labute approximate surface area is 155 Å². The number of hydrogen-bond donors (Lipinski definition) is 0. The number of aromatic nitrogens is 1. The molecular weight excluding hydrogens is 368 g/mol. The van der Waals surface area contributed by atoms with Gasteiger partial charge in [-0.3, -0.25) is 4.79 Å². The van der Waals surface area contributed by atoms with Crippen molar-refractivity contribution in [1.82, 2.24) is 4.57 Å². The predicted molar refractivity (Wildman–Crippen MR) is 104 cm³/mol. The fraction of sp³-hybridized carbons (Fsp3) is 0.158. The summed E-state index contributed by atoms with van der Waals surface area (Å²) in [5.74, 6) is -0.332. The second kappa shape index (κ2) is 7.01. The molecule has 1 aromatic heterocycles. The predicted octanol–water partition coefficient (Wildman–Crippen LogP) is 3.34. The van der Waals surface area contributed by atoms with Crippen LogP contribution in [0.2, 0.25) is 0 Å². The monoisotopic (exact) mass is 386 g/mol. The van der Waals surface area contributed by atoms with Gasteiger partial charge in [-0.1, -0.05) is 35.1 Å². The molecule has 0 unspecified atom stereocenters. The first kappa shape index (κ1) is 18.3. The highest BCUT2D eigenvalue weighted by molar-refractivity contribution is 7.90. The molecule has 5 nitrogen and oxygen atoms in total. The number of carbonyl (C=O) groups is 1. The van der Waals surface area contributed by atoms with E-state index in [-0.39, 0.29) is 10.8 Å². The van der Waals surface area contributed by atoms with Gasteiger partial charge in [0.15, 0.2) is 14.6 Å². The molecule has 0 aliphatic heterocycles. The molecule has 134 valence electrons. The summed E-state index contributed by atoms with van der Waals surface area (Å²) in [7, 11) is -3.30. The third-order valence-corrected chi connectivity index (χ3v) is 6.01. The zero-order chi connectivity index (χ0) is 18.9. The summed E-state index contributed by atoms with van der Waals surface area (Å²) in [5, 5.41) is 0. The number of fused-ring (bicyclic) bond motifs is 1. The molecule has 0 aliphatic rings. The largest absolute Gasteiger partial charge is 0.312 e. The normalized spacial score (nSPS) is 12.5. The standard InChI is InChI=1S/C19H18N2O3S2/c1-4-10-21-16-9-8-15(26(3,23)24)12-17(16)25-19(21)20-18(22)14-7-5-6-13(2)11-14/h4-9,11-12H,1,10H2,2-3H3. The molecule has 1 amide bonds. The van der Waals surface area contributed by atoms with Crippen LogP contribution in [0.5, 0.6) is 0 Å². The Morgan fingerprint density at radius 3 is 2.69 bits per heavy atom. The van der Waals surface area contributed by atoms with Crippen LogP contribution >= 0.6 is 11.3 Å². The third kappa shape index (κ3) is 3.68. The van der Waals surface area contributed by atoms with E-state index in [9.17, 15) is 13.2 Å². The van der Waals surface area contributed by atoms with E-state index in [0.717, 1.165) is 15.8 Å². The van der Waals surface area contributed by atoms with E-state index in [2.05, 4.69) is 11.6 Å². The topological polar surface area (TPSA) is 68.5 Å². The van der Waals surface area contributed by atoms with Gasteiger partial charge in [0.2, 0.25) is 0 Å². The number of rotatable bonds is 4. The van der Waals surface area contributed by atoms with E-state index in [1.54, 1.807) is 36.4 Å². The van der Waals surface area contributed by atoms with Crippen molar-refractivity contribution in [2.45, 2.75) is 18.4 Å². The summed E-state index contributed by atoms with van der Waals surface area (Å²) in [6.07, 6.45) is 2.89. The first-order valence-corrected chi connectivity index (χ1v) is 10.6. The van der Waals surface area contributed by atoms with Gasteiger partial charge in [-0.25, -0.2) is 8.42 Å². The Kier molecular flexibility index (Phi) is 4.93. The molecule has 0 fully saturated rings. The van der Waals surface area contributed by atoms with E-state index in [1.165, 1.54) is 17.6 Å². The maximum absolute atomic E-state index is 12.5. The van der Waals surface area contributed by atoms with Gasteiger partial charge < -0.3 is 4.57 Å². The van der Waals surface area contributed by atoms with Gasteiger partial charge in [-0.05, 0) is 37.3 Å². The van der Waals surface area contributed by atoms with E-state index in [4.69, 9.17) is 0 Å². The number of aryl methyl sites for hydroxylation is 1. The first-order chi connectivity index (χ1) is 12.3. The summed E-state index contributed by atoms with van der Waals surface area (Å²) in [4.78, 5) is 17.5. The molecule has 3 aromatic rings. The van der Waals surface area contributed by atoms with Crippen molar-refractivity contribution in [3.8, 4) is 0 Å². The molecule has 0 atom stereocenters. The molecule has 0 saturated heterocycles. The Hall–Kier alpha value is -2.51. The van der Waals surface area contributed by atoms with E-state index in [1.807, 2.05) is 23.6 Å². The maximum Gasteiger partial charge on any atom is 0.279 e. The highest BCUT2D eigenvalue weighted by atomic mass is 32.2. The second-order valence-electron chi connectivity index (χ2n) is 5.97. The van der Waals surface area contributed by atoms with E-state index >= 15 is 0 Å². The number of thiazole rings is 1. The third-order valence-electron chi connectivity index (χ3n) is 3.86. The van der Waals surface area contributed by atoms with Crippen LogP contribution in [-0.2, 0) is 16.4 Å². The number of nitrogens with zero attached hydrogens (tertiary/aromatic N) is 2. The number of sulfone groups is 1. The number of allylic oxidation sites excluding steroid dienone is 1. The first-order valence-electron chi connectivity index (χ1n) is 7.89. The average molecular weight is 386 g/mol. The van der Waals surface area contributed by atoms with Crippen LogP contribution in [0.15, 0.2) is 65.0 Å². The highest BCUT2D eigenvalue weighted by Gasteiger charge is 2.13. The zero-order valence-corrected chi connectivity index (χ0v) is 16.1. The van der Waals surface area contributed by atoms with Crippen LogP contribution in [0.4, 0.5) is 0 Å². The van der Waals surface area contributed by atoms with Crippen molar-refractivity contribution in [3.05, 3.63) is 71.0 Å². The van der Waals surface area contributed by atoms with Crippen molar-refractivity contribution >= 4 is 37.3 Å². The molecule has 26 heavy (non-hydrogen) atoms. The molecule has 2 aromatic carbocycles. The summed E-state index contributed by atoms with van der Waals surface area (Å²) < 4.78 is 26.2. The van der Waals surface area contributed by atoms with Crippen molar-refractivity contribution in [2.24, 2.45) is 4.99 Å². The lowest BCUT2D eigenvalue weighted by atomic mass is 10.1. The molecule has 0 bridgehead atoms. The molecule has 0 spiro atoms. The fourth-order valence-electron chi connectivity index (χ4n) is 2.60. The number of carbonyl (C=O) groups excluding carboxylic acids is 1. The number of hydrogen-bond acceptors (Lipinski definition) is 4. The lowest BCUT2D eigenvalue weighted by Crippen LogP contribution is -2.16. The molecule has 0 N–H and O–H groups in total. The van der Waals surface area contributed by atoms with Crippen molar-refractivity contribution in [2.75, 3.05) is 6.26 Å². The van der Waals surface area contributed by atoms with Gasteiger partial charge >= 0.3 is 0 Å². The smallest absolute Gasteiger partial charge is 0.279 e. The van der Waals surface area contributed by atoms with E-state index < -0.39 is 9.84 Å². The molecule has 0 radical (unpaired) electrons. The minimum Gasteiger partial charge on any atom is -0.312 e. The Morgan fingerprint density at radius 2 is 2.04 bits per heavy atom. The molecule has 3 rings (SSSR count). The van der Waals surface area contributed by atoms with Gasteiger partial charge in [0.05, 0.1) is 15.1 Å². The molecule has 1 heterocycles. The summed E-state index contributed by atoms with van der Waals surface area (Å²) >= 11 is 1.28. The molecule has 7 heteroatoms.